The van der Waals surface area contributed by atoms with Gasteiger partial charge in [0, 0.05) is 30.9 Å². The molecule has 2 heterocycles. The van der Waals surface area contributed by atoms with Crippen molar-refractivity contribution >= 4 is 28.8 Å². The molecule has 38 heavy (non-hydrogen) atoms. The molecule has 1 atom stereocenters. The molecule has 0 saturated heterocycles. The van der Waals surface area contributed by atoms with Gasteiger partial charge in [0.15, 0.2) is 5.17 Å². The third kappa shape index (κ3) is 5.72. The van der Waals surface area contributed by atoms with Crippen LogP contribution < -0.4 is 9.47 Å². The van der Waals surface area contributed by atoms with Gasteiger partial charge >= 0.3 is 5.97 Å². The van der Waals surface area contributed by atoms with Gasteiger partial charge in [-0.05, 0) is 43.9 Å². The Labute approximate surface area is 228 Å². The SMILES string of the molecule is COc1ccc(C2C(C(=O)OC(C)C)=C(C)N=C3SC=C(CC(=O)N(C)Cc4ccccc4)N32)c(OC)c1. The molecule has 0 saturated carbocycles. The predicted molar refractivity (Wildman–Crippen MR) is 149 cm³/mol. The van der Waals surface area contributed by atoms with Crippen LogP contribution in [0.2, 0.25) is 0 Å². The number of aliphatic imine (C=N–C) groups is 1. The first kappa shape index (κ1) is 27.3. The van der Waals surface area contributed by atoms with E-state index >= 15 is 0 Å². The number of rotatable bonds is 9. The maximum Gasteiger partial charge on any atom is 0.338 e. The highest BCUT2D eigenvalue weighted by atomic mass is 32.2. The Morgan fingerprint density at radius 1 is 1.11 bits per heavy atom. The lowest BCUT2D eigenvalue weighted by atomic mass is 9.93. The third-order valence-corrected chi connectivity index (χ3v) is 7.21. The van der Waals surface area contributed by atoms with Gasteiger partial charge in [0.1, 0.15) is 11.5 Å². The van der Waals surface area contributed by atoms with Crippen molar-refractivity contribution in [2.75, 3.05) is 21.3 Å². The number of amidine groups is 1. The minimum absolute atomic E-state index is 0.0417. The molecule has 0 spiro atoms. The molecule has 2 aliphatic heterocycles. The fourth-order valence-electron chi connectivity index (χ4n) is 4.48. The van der Waals surface area contributed by atoms with Crippen molar-refractivity contribution in [2.45, 2.75) is 45.9 Å². The van der Waals surface area contributed by atoms with Gasteiger partial charge in [-0.1, -0.05) is 42.1 Å². The third-order valence-electron chi connectivity index (χ3n) is 6.32. The summed E-state index contributed by atoms with van der Waals surface area (Å²) in [6.45, 7) is 5.93. The number of hydrogen-bond donors (Lipinski definition) is 0. The van der Waals surface area contributed by atoms with Crippen LogP contribution in [0.15, 0.2) is 75.9 Å². The van der Waals surface area contributed by atoms with E-state index in [1.54, 1.807) is 32.2 Å². The summed E-state index contributed by atoms with van der Waals surface area (Å²) in [5, 5.41) is 2.63. The van der Waals surface area contributed by atoms with E-state index < -0.39 is 12.0 Å². The molecule has 2 aromatic rings. The van der Waals surface area contributed by atoms with Crippen molar-refractivity contribution in [1.29, 1.82) is 0 Å². The van der Waals surface area contributed by atoms with Crippen LogP contribution in [-0.2, 0) is 20.9 Å². The van der Waals surface area contributed by atoms with Crippen molar-refractivity contribution in [1.82, 2.24) is 9.80 Å². The number of hydrogen-bond acceptors (Lipinski definition) is 8. The Morgan fingerprint density at radius 3 is 2.50 bits per heavy atom. The second kappa shape index (κ2) is 11.8. The summed E-state index contributed by atoms with van der Waals surface area (Å²) in [7, 11) is 4.96. The van der Waals surface area contributed by atoms with Gasteiger partial charge in [-0.2, -0.15) is 0 Å². The van der Waals surface area contributed by atoms with E-state index in [0.717, 1.165) is 16.8 Å². The summed E-state index contributed by atoms with van der Waals surface area (Å²) in [4.78, 5) is 35.1. The van der Waals surface area contributed by atoms with Gasteiger partial charge in [0.2, 0.25) is 5.91 Å². The molecule has 1 unspecified atom stereocenters. The predicted octanol–water partition coefficient (Wildman–Crippen LogP) is 5.28. The lowest BCUT2D eigenvalue weighted by Gasteiger charge is -2.37. The molecule has 2 aromatic carbocycles. The second-order valence-corrected chi connectivity index (χ2v) is 10.2. The lowest BCUT2D eigenvalue weighted by molar-refractivity contribution is -0.143. The first-order chi connectivity index (χ1) is 18.2. The average molecular weight is 536 g/mol. The Bertz CT molecular complexity index is 1300. The number of allylic oxidation sites excluding steroid dienone is 1. The molecule has 0 bridgehead atoms. The topological polar surface area (TPSA) is 80.7 Å². The van der Waals surface area contributed by atoms with E-state index in [9.17, 15) is 9.59 Å². The second-order valence-electron chi connectivity index (χ2n) is 9.37. The summed E-state index contributed by atoms with van der Waals surface area (Å²) in [6.07, 6.45) is -0.154. The Kier molecular flexibility index (Phi) is 8.46. The number of nitrogens with zero attached hydrogens (tertiary/aromatic N) is 3. The van der Waals surface area contributed by atoms with Crippen LogP contribution in [0.1, 0.15) is 44.4 Å². The Balaban J connectivity index is 1.71. The van der Waals surface area contributed by atoms with Crippen LogP contribution in [0, 0.1) is 0 Å². The standard InChI is InChI=1S/C29H33N3O5S/c1-18(2)37-28(34)26-19(3)30-29-32(27(26)23-13-12-22(35-5)15-24(23)36-6)21(17-38-29)14-25(33)31(4)16-20-10-8-7-9-11-20/h7-13,15,17-18,27H,14,16H2,1-6H3. The van der Waals surface area contributed by atoms with Gasteiger partial charge in [-0.25, -0.2) is 9.79 Å². The van der Waals surface area contributed by atoms with Crippen LogP contribution in [0.4, 0.5) is 0 Å². The summed E-state index contributed by atoms with van der Waals surface area (Å²) in [5.74, 6) is 0.695. The van der Waals surface area contributed by atoms with E-state index in [0.29, 0.717) is 34.5 Å². The number of benzene rings is 2. The van der Waals surface area contributed by atoms with E-state index in [1.807, 2.05) is 73.5 Å². The van der Waals surface area contributed by atoms with E-state index in [1.165, 1.54) is 11.8 Å². The quantitative estimate of drug-likeness (QED) is 0.404. The molecule has 4 rings (SSSR count). The molecule has 0 radical (unpaired) electrons. The summed E-state index contributed by atoms with van der Waals surface area (Å²) in [6, 6.07) is 14.8. The number of carbonyl (C=O) groups is 2. The van der Waals surface area contributed by atoms with Gasteiger partial charge in [-0.3, -0.25) is 4.79 Å². The Hall–Kier alpha value is -3.72. The molecule has 0 N–H and O–H groups in total. The van der Waals surface area contributed by atoms with Crippen LogP contribution in [0.25, 0.3) is 0 Å². The smallest absolute Gasteiger partial charge is 0.338 e. The van der Waals surface area contributed by atoms with Crippen molar-refractivity contribution in [3.8, 4) is 11.5 Å². The molecular weight excluding hydrogens is 502 g/mol. The number of fused-ring (bicyclic) bond motifs is 1. The van der Waals surface area contributed by atoms with E-state index in [-0.39, 0.29) is 18.4 Å². The maximum atomic E-state index is 13.4. The highest BCUT2D eigenvalue weighted by molar-refractivity contribution is 8.16. The molecule has 0 fully saturated rings. The largest absolute Gasteiger partial charge is 0.497 e. The number of thioether (sulfide) groups is 1. The molecular formula is C29H33N3O5S. The fourth-order valence-corrected chi connectivity index (χ4v) is 5.45. The number of esters is 1. The van der Waals surface area contributed by atoms with E-state index in [2.05, 4.69) is 0 Å². The number of carbonyl (C=O) groups excluding carboxylic acids is 2. The van der Waals surface area contributed by atoms with Crippen molar-refractivity contribution < 1.29 is 23.8 Å². The zero-order valence-corrected chi connectivity index (χ0v) is 23.4. The van der Waals surface area contributed by atoms with Gasteiger partial charge < -0.3 is 24.0 Å². The van der Waals surface area contributed by atoms with Crippen molar-refractivity contribution in [3.05, 3.63) is 82.0 Å². The minimum atomic E-state index is -0.594. The molecule has 0 aliphatic carbocycles. The maximum absolute atomic E-state index is 13.4. The van der Waals surface area contributed by atoms with Crippen LogP contribution in [-0.4, -0.2) is 54.2 Å². The normalized spacial score (nSPS) is 16.6. The van der Waals surface area contributed by atoms with E-state index in [4.69, 9.17) is 19.2 Å². The van der Waals surface area contributed by atoms with Crippen molar-refractivity contribution in [2.24, 2.45) is 4.99 Å². The van der Waals surface area contributed by atoms with Gasteiger partial charge in [-0.15, -0.1) is 0 Å². The highest BCUT2D eigenvalue weighted by Gasteiger charge is 2.42. The first-order valence-corrected chi connectivity index (χ1v) is 13.3. The minimum Gasteiger partial charge on any atom is -0.497 e. The zero-order valence-electron chi connectivity index (χ0n) is 22.6. The number of ether oxygens (including phenoxy) is 3. The molecule has 200 valence electrons. The fraction of sp³-hybridized carbons (Fsp3) is 0.345. The monoisotopic (exact) mass is 535 g/mol. The highest BCUT2D eigenvalue weighted by Crippen LogP contribution is 2.47. The number of amides is 1. The lowest BCUT2D eigenvalue weighted by Crippen LogP contribution is -2.38. The molecule has 2 aliphatic rings. The summed E-state index contributed by atoms with van der Waals surface area (Å²) < 4.78 is 16.8. The first-order valence-electron chi connectivity index (χ1n) is 12.4. The molecule has 0 aromatic heterocycles. The van der Waals surface area contributed by atoms with Gasteiger partial charge in [0.25, 0.3) is 0 Å². The van der Waals surface area contributed by atoms with Crippen LogP contribution in [0.5, 0.6) is 11.5 Å². The summed E-state index contributed by atoms with van der Waals surface area (Å²) >= 11 is 1.43. The summed E-state index contributed by atoms with van der Waals surface area (Å²) in [5.41, 5.74) is 3.53. The zero-order chi connectivity index (χ0) is 27.4. The average Bonchev–Trinajstić information content (AvgIpc) is 3.29. The van der Waals surface area contributed by atoms with Gasteiger partial charge in [0.05, 0.1) is 44.1 Å². The number of methoxy groups -OCH3 is 2. The molecule has 1 amide bonds. The molecule has 8 nitrogen and oxygen atoms in total. The Morgan fingerprint density at radius 2 is 1.84 bits per heavy atom. The molecule has 9 heteroatoms. The van der Waals surface area contributed by atoms with Crippen molar-refractivity contribution in [3.63, 3.8) is 0 Å². The van der Waals surface area contributed by atoms with Crippen LogP contribution >= 0.6 is 11.8 Å². The van der Waals surface area contributed by atoms with Crippen LogP contribution in [0.3, 0.4) is 0 Å².